The van der Waals surface area contributed by atoms with Crippen LogP contribution in [0.25, 0.3) is 0 Å². The standard InChI is InChI=1S/C15H31N3O2/c1-7-13-10-20-9-8-18(13)14(19)16-12(2)15(3,4)11-17(5)6/h12-13H,7-11H2,1-6H3,(H,16,19)/t12-,13+/m1/s1. The summed E-state index contributed by atoms with van der Waals surface area (Å²) in [6.07, 6.45) is 0.933. The van der Waals surface area contributed by atoms with Crippen LogP contribution in [0.3, 0.4) is 0 Å². The van der Waals surface area contributed by atoms with E-state index in [-0.39, 0.29) is 23.5 Å². The van der Waals surface area contributed by atoms with Crippen LogP contribution in [-0.2, 0) is 4.74 Å². The molecule has 5 heteroatoms. The maximum Gasteiger partial charge on any atom is 0.318 e. The molecule has 0 aromatic rings. The first kappa shape index (κ1) is 17.2. The molecule has 0 radical (unpaired) electrons. The molecule has 20 heavy (non-hydrogen) atoms. The van der Waals surface area contributed by atoms with Crippen LogP contribution >= 0.6 is 0 Å². The molecule has 0 aromatic carbocycles. The Morgan fingerprint density at radius 1 is 1.50 bits per heavy atom. The zero-order chi connectivity index (χ0) is 15.3. The van der Waals surface area contributed by atoms with Crippen molar-refractivity contribution >= 4 is 6.03 Å². The van der Waals surface area contributed by atoms with E-state index in [1.165, 1.54) is 0 Å². The molecule has 0 saturated carbocycles. The molecule has 0 spiro atoms. The number of urea groups is 1. The molecule has 1 fully saturated rings. The molecule has 1 rings (SSSR count). The van der Waals surface area contributed by atoms with Crippen molar-refractivity contribution in [1.82, 2.24) is 15.1 Å². The highest BCUT2D eigenvalue weighted by atomic mass is 16.5. The van der Waals surface area contributed by atoms with Crippen LogP contribution in [0.2, 0.25) is 0 Å². The van der Waals surface area contributed by atoms with Gasteiger partial charge in [0, 0.05) is 19.1 Å². The Morgan fingerprint density at radius 2 is 2.15 bits per heavy atom. The monoisotopic (exact) mass is 285 g/mol. The van der Waals surface area contributed by atoms with E-state index in [0.29, 0.717) is 19.8 Å². The van der Waals surface area contributed by atoms with Crippen LogP contribution in [-0.4, -0.2) is 68.3 Å². The number of carbonyl (C=O) groups is 1. The largest absolute Gasteiger partial charge is 0.377 e. The number of carbonyl (C=O) groups excluding carboxylic acids is 1. The topological polar surface area (TPSA) is 44.8 Å². The molecule has 5 nitrogen and oxygen atoms in total. The molecule has 0 aliphatic carbocycles. The van der Waals surface area contributed by atoms with Gasteiger partial charge in [0.25, 0.3) is 0 Å². The second kappa shape index (κ2) is 7.27. The first-order chi connectivity index (χ1) is 9.27. The summed E-state index contributed by atoms with van der Waals surface area (Å²) in [7, 11) is 4.12. The number of nitrogens with zero attached hydrogens (tertiary/aromatic N) is 2. The minimum Gasteiger partial charge on any atom is -0.377 e. The van der Waals surface area contributed by atoms with Crippen molar-refractivity contribution in [3.63, 3.8) is 0 Å². The molecule has 0 bridgehead atoms. The Balaban J connectivity index is 2.59. The van der Waals surface area contributed by atoms with Gasteiger partial charge in [-0.1, -0.05) is 20.8 Å². The van der Waals surface area contributed by atoms with E-state index in [1.54, 1.807) is 0 Å². The number of morpholine rings is 1. The van der Waals surface area contributed by atoms with E-state index in [4.69, 9.17) is 4.74 Å². The van der Waals surface area contributed by atoms with Gasteiger partial charge in [-0.3, -0.25) is 0 Å². The third-order valence-electron chi connectivity index (χ3n) is 4.20. The summed E-state index contributed by atoms with van der Waals surface area (Å²) in [5, 5.41) is 3.16. The number of amides is 2. The molecule has 0 aromatic heterocycles. The summed E-state index contributed by atoms with van der Waals surface area (Å²) < 4.78 is 5.45. The van der Waals surface area contributed by atoms with Crippen LogP contribution in [0.5, 0.6) is 0 Å². The molecule has 1 N–H and O–H groups in total. The highest BCUT2D eigenvalue weighted by Crippen LogP contribution is 2.22. The Kier molecular flexibility index (Phi) is 6.27. The molecule has 2 amide bonds. The van der Waals surface area contributed by atoms with Gasteiger partial charge < -0.3 is 19.9 Å². The summed E-state index contributed by atoms with van der Waals surface area (Å²) in [5.74, 6) is 0. The fraction of sp³-hybridized carbons (Fsp3) is 0.933. The smallest absolute Gasteiger partial charge is 0.318 e. The quantitative estimate of drug-likeness (QED) is 0.837. The summed E-state index contributed by atoms with van der Waals surface area (Å²) >= 11 is 0. The highest BCUT2D eigenvalue weighted by Gasteiger charge is 2.31. The van der Waals surface area contributed by atoms with Crippen molar-refractivity contribution in [2.75, 3.05) is 40.4 Å². The van der Waals surface area contributed by atoms with E-state index in [0.717, 1.165) is 13.0 Å². The molecule has 1 aliphatic rings. The van der Waals surface area contributed by atoms with Crippen LogP contribution in [0.15, 0.2) is 0 Å². The van der Waals surface area contributed by atoms with Gasteiger partial charge in [0.2, 0.25) is 0 Å². The number of rotatable bonds is 5. The molecular weight excluding hydrogens is 254 g/mol. The van der Waals surface area contributed by atoms with E-state index >= 15 is 0 Å². The number of nitrogens with one attached hydrogen (secondary N) is 1. The van der Waals surface area contributed by atoms with Crippen molar-refractivity contribution in [2.24, 2.45) is 5.41 Å². The first-order valence-corrected chi connectivity index (χ1v) is 7.57. The van der Waals surface area contributed by atoms with Gasteiger partial charge in [-0.05, 0) is 32.9 Å². The van der Waals surface area contributed by atoms with E-state index in [9.17, 15) is 4.79 Å². The Bertz CT molecular complexity index is 318. The normalized spacial score (nSPS) is 21.9. The number of hydrogen-bond donors (Lipinski definition) is 1. The third-order valence-corrected chi connectivity index (χ3v) is 4.20. The SMILES string of the molecule is CC[C@H]1COCCN1C(=O)N[C@H](C)C(C)(C)CN(C)C. The van der Waals surface area contributed by atoms with Crippen molar-refractivity contribution in [3.8, 4) is 0 Å². The zero-order valence-electron chi connectivity index (χ0n) is 13.9. The molecule has 1 saturated heterocycles. The fourth-order valence-electron chi connectivity index (χ4n) is 2.68. The van der Waals surface area contributed by atoms with Crippen LogP contribution < -0.4 is 5.32 Å². The maximum absolute atomic E-state index is 12.5. The van der Waals surface area contributed by atoms with Gasteiger partial charge in [-0.25, -0.2) is 4.79 Å². The lowest BCUT2D eigenvalue weighted by atomic mass is 9.85. The lowest BCUT2D eigenvalue weighted by Gasteiger charge is -2.39. The van der Waals surface area contributed by atoms with Gasteiger partial charge >= 0.3 is 6.03 Å². The predicted molar refractivity (Wildman–Crippen MR) is 81.9 cm³/mol. The molecule has 2 atom stereocenters. The Morgan fingerprint density at radius 3 is 2.70 bits per heavy atom. The average molecular weight is 285 g/mol. The van der Waals surface area contributed by atoms with Crippen molar-refractivity contribution < 1.29 is 9.53 Å². The van der Waals surface area contributed by atoms with Gasteiger partial charge in [0.15, 0.2) is 0 Å². The Labute approximate surface area is 123 Å². The van der Waals surface area contributed by atoms with Gasteiger partial charge in [0.05, 0.1) is 19.3 Å². The van der Waals surface area contributed by atoms with Gasteiger partial charge in [0.1, 0.15) is 0 Å². The number of ether oxygens (including phenoxy) is 1. The summed E-state index contributed by atoms with van der Waals surface area (Å²) in [6.45, 7) is 11.5. The van der Waals surface area contributed by atoms with E-state index in [2.05, 4.69) is 52.0 Å². The minimum absolute atomic E-state index is 0.0349. The number of hydrogen-bond acceptors (Lipinski definition) is 3. The summed E-state index contributed by atoms with van der Waals surface area (Å²) in [6, 6.07) is 0.366. The van der Waals surface area contributed by atoms with E-state index in [1.807, 2.05) is 4.90 Å². The molecule has 1 heterocycles. The van der Waals surface area contributed by atoms with Crippen molar-refractivity contribution in [3.05, 3.63) is 0 Å². The van der Waals surface area contributed by atoms with E-state index < -0.39 is 0 Å². The predicted octanol–water partition coefficient (Wildman–Crippen LogP) is 1.78. The van der Waals surface area contributed by atoms with Crippen LogP contribution in [0.1, 0.15) is 34.1 Å². The van der Waals surface area contributed by atoms with Crippen LogP contribution in [0, 0.1) is 5.41 Å². The minimum atomic E-state index is 0.0349. The molecule has 0 unspecified atom stereocenters. The lowest BCUT2D eigenvalue weighted by Crippen LogP contribution is -2.56. The lowest BCUT2D eigenvalue weighted by molar-refractivity contribution is 0.00959. The fourth-order valence-corrected chi connectivity index (χ4v) is 2.68. The Hall–Kier alpha value is -0.810. The average Bonchev–Trinajstić information content (AvgIpc) is 2.37. The molecular formula is C15H31N3O2. The first-order valence-electron chi connectivity index (χ1n) is 7.57. The summed E-state index contributed by atoms with van der Waals surface area (Å²) in [4.78, 5) is 16.5. The highest BCUT2D eigenvalue weighted by molar-refractivity contribution is 5.75. The molecule has 118 valence electrons. The zero-order valence-corrected chi connectivity index (χ0v) is 13.9. The van der Waals surface area contributed by atoms with Crippen molar-refractivity contribution in [1.29, 1.82) is 0 Å². The maximum atomic E-state index is 12.5. The van der Waals surface area contributed by atoms with Gasteiger partial charge in [-0.2, -0.15) is 0 Å². The van der Waals surface area contributed by atoms with Crippen LogP contribution in [0.4, 0.5) is 4.79 Å². The summed E-state index contributed by atoms with van der Waals surface area (Å²) in [5.41, 5.74) is 0.0349. The second-order valence-corrected chi connectivity index (χ2v) is 6.73. The van der Waals surface area contributed by atoms with Crippen molar-refractivity contribution in [2.45, 2.75) is 46.2 Å². The third kappa shape index (κ3) is 4.63. The second-order valence-electron chi connectivity index (χ2n) is 6.73. The molecule has 1 aliphatic heterocycles. The van der Waals surface area contributed by atoms with Gasteiger partial charge in [-0.15, -0.1) is 0 Å².